The molecule has 19 heteroatoms. The predicted molar refractivity (Wildman–Crippen MR) is 286 cm³/mol. The molecule has 0 aliphatic carbocycles. The summed E-state index contributed by atoms with van der Waals surface area (Å²) in [6.07, 6.45) is 5.29. The molecule has 0 atom stereocenters. The minimum absolute atomic E-state index is 0.00854. The first-order chi connectivity index (χ1) is 36.5. The molecular weight excluding hydrogens is 967 g/mol. The van der Waals surface area contributed by atoms with Gasteiger partial charge in [0.05, 0.1) is 107 Å². The number of ether oxygens (including phenoxy) is 12. The van der Waals surface area contributed by atoms with Crippen molar-refractivity contribution in [3.63, 3.8) is 0 Å². The van der Waals surface area contributed by atoms with Crippen molar-refractivity contribution < 1.29 is 61.8 Å². The van der Waals surface area contributed by atoms with Gasteiger partial charge in [0, 0.05) is 50.5 Å². The highest BCUT2D eigenvalue weighted by molar-refractivity contribution is 6.11. The van der Waals surface area contributed by atoms with Gasteiger partial charge >= 0.3 is 5.69 Å². The van der Waals surface area contributed by atoms with Crippen molar-refractivity contribution in [1.82, 2.24) is 15.0 Å². The lowest BCUT2D eigenvalue weighted by Crippen LogP contribution is -1.98. The van der Waals surface area contributed by atoms with E-state index >= 15 is 0 Å². The number of fused-ring (bicyclic) bond motifs is 8. The van der Waals surface area contributed by atoms with Crippen molar-refractivity contribution in [2.45, 2.75) is 0 Å². The number of hydrogen-bond donors (Lipinski definition) is 2. The third kappa shape index (κ3) is 8.66. The highest BCUT2D eigenvalue weighted by Gasteiger charge is 2.32. The fraction of sp³-hybridized carbons (Fsp3) is 0.214. The van der Waals surface area contributed by atoms with Crippen LogP contribution < -0.4 is 56.8 Å². The largest absolute Gasteiger partial charge is 0.493 e. The Bertz CT molecular complexity index is 3330. The van der Waals surface area contributed by atoms with Crippen LogP contribution in [0.15, 0.2) is 77.8 Å². The number of H-pyrrole nitrogens is 2. The van der Waals surface area contributed by atoms with Crippen molar-refractivity contribution >= 4 is 51.8 Å². The predicted octanol–water partition coefficient (Wildman–Crippen LogP) is 11.5. The second kappa shape index (κ2) is 20.9. The Morgan fingerprint density at radius 2 is 0.680 bits per heavy atom. The summed E-state index contributed by atoms with van der Waals surface area (Å²) in [6, 6.07) is 21.6. The molecular formula is C56H53N5O14. The van der Waals surface area contributed by atoms with Crippen molar-refractivity contribution in [2.75, 3.05) is 85.3 Å². The molecule has 2 aliphatic rings. The molecule has 2 N–H and O–H groups in total. The van der Waals surface area contributed by atoms with E-state index in [4.69, 9.17) is 66.8 Å². The first-order valence-electron chi connectivity index (χ1n) is 23.0. The molecule has 3 aromatic heterocycles. The average molecular weight is 1020 g/mol. The zero-order chi connectivity index (χ0) is 53.2. The topological polar surface area (TPSA) is 211 Å². The van der Waals surface area contributed by atoms with Crippen LogP contribution in [0, 0.1) is 10.1 Å². The first kappa shape index (κ1) is 50.4. The van der Waals surface area contributed by atoms with Crippen LogP contribution in [0.2, 0.25) is 0 Å². The summed E-state index contributed by atoms with van der Waals surface area (Å²) in [5.74, 6) is 4.18. The van der Waals surface area contributed by atoms with Gasteiger partial charge in [0.15, 0.2) is 51.7 Å². The van der Waals surface area contributed by atoms with E-state index in [0.717, 1.165) is 0 Å². The number of nitrogens with one attached hydrogen (secondary N) is 2. The van der Waals surface area contributed by atoms with Gasteiger partial charge in [-0.3, -0.25) is 10.1 Å². The van der Waals surface area contributed by atoms with Crippen molar-refractivity contribution in [1.29, 1.82) is 0 Å². The maximum absolute atomic E-state index is 14.1. The smallest absolute Gasteiger partial charge is 0.304 e. The number of rotatable bonds is 17. The third-order valence-corrected chi connectivity index (χ3v) is 12.9. The summed E-state index contributed by atoms with van der Waals surface area (Å²) in [6.45, 7) is 0. The minimum Gasteiger partial charge on any atom is -0.493 e. The summed E-state index contributed by atoms with van der Waals surface area (Å²) in [5, 5.41) is 14.1. The highest BCUT2D eigenvalue weighted by atomic mass is 16.6. The number of aromatic nitrogens is 3. The Kier molecular flexibility index (Phi) is 14.1. The van der Waals surface area contributed by atoms with Crippen molar-refractivity contribution in [3.8, 4) is 114 Å². The van der Waals surface area contributed by atoms with Gasteiger partial charge in [-0.25, -0.2) is 9.98 Å². The van der Waals surface area contributed by atoms with E-state index in [0.29, 0.717) is 147 Å². The van der Waals surface area contributed by atoms with Gasteiger partial charge in [0.2, 0.25) is 23.0 Å². The van der Waals surface area contributed by atoms with E-state index in [1.54, 1.807) is 24.3 Å². The van der Waals surface area contributed by atoms with E-state index in [2.05, 4.69) is 9.97 Å². The molecule has 9 rings (SSSR count). The van der Waals surface area contributed by atoms with Crippen LogP contribution in [0.5, 0.6) is 69.0 Å². The number of nitro groups is 1. The second-order valence-electron chi connectivity index (χ2n) is 16.6. The van der Waals surface area contributed by atoms with Crippen LogP contribution in [0.1, 0.15) is 17.0 Å². The molecule has 0 spiro atoms. The highest BCUT2D eigenvalue weighted by Crippen LogP contribution is 2.52. The molecule has 0 saturated heterocycles. The molecule has 19 nitrogen and oxygen atoms in total. The average Bonchev–Trinajstić information content (AvgIpc) is 4.30. The number of benzene rings is 4. The lowest BCUT2D eigenvalue weighted by molar-refractivity contribution is -0.383. The number of nitrogens with zero attached hydrogens (tertiary/aromatic N) is 3. The molecule has 4 aromatic carbocycles. The van der Waals surface area contributed by atoms with Crippen LogP contribution in [0.25, 0.3) is 78.7 Å². The number of aliphatic imine (C=N–C) groups is 1. The number of aromatic amines is 2. The van der Waals surface area contributed by atoms with E-state index in [-0.39, 0.29) is 16.9 Å². The van der Waals surface area contributed by atoms with Gasteiger partial charge in [0.1, 0.15) is 0 Å². The Hall–Kier alpha value is -9.52. The zero-order valence-electron chi connectivity index (χ0n) is 43.2. The number of hydrogen-bond acceptors (Lipinski definition) is 16. The van der Waals surface area contributed by atoms with Crippen LogP contribution >= 0.6 is 0 Å². The molecule has 5 heterocycles. The van der Waals surface area contributed by atoms with E-state index < -0.39 is 4.92 Å². The standard InChI is InChI=1S/C56H53N5O14/c1-64-39-19-28(20-40(65-2)53(39)72-9)47-32-27-57-51(52(32)61(62)63)50(31-25-45(70-7)56(75-12)46(26-31)71-8)38-18-17-37(60-38)49(30-23-43(68-5)55(74-11)44(24-30)69-6)36-16-15-35(59-36)48(34-14-13-33(47)58-34)29-21-41(66-3)54(73-10)42(22-29)67-4/h13-27,58,60H,1-12H3. The number of methoxy groups -OCH3 is 12. The van der Waals surface area contributed by atoms with E-state index in [1.807, 2.05) is 60.7 Å². The summed E-state index contributed by atoms with van der Waals surface area (Å²) >= 11 is 0. The van der Waals surface area contributed by atoms with Crippen LogP contribution in [0.4, 0.5) is 11.4 Å². The third-order valence-electron chi connectivity index (χ3n) is 12.9. The molecule has 0 saturated carbocycles. The Morgan fingerprint density at radius 1 is 0.400 bits per heavy atom. The van der Waals surface area contributed by atoms with Gasteiger partial charge < -0.3 is 66.8 Å². The van der Waals surface area contributed by atoms with Crippen molar-refractivity contribution in [2.24, 2.45) is 4.99 Å². The minimum atomic E-state index is -0.444. The van der Waals surface area contributed by atoms with Gasteiger partial charge in [-0.2, -0.15) is 0 Å². The molecule has 0 fully saturated rings. The van der Waals surface area contributed by atoms with Crippen LogP contribution in [-0.2, 0) is 0 Å². The Labute approximate surface area is 430 Å². The van der Waals surface area contributed by atoms with E-state index in [9.17, 15) is 10.1 Å². The molecule has 0 radical (unpaired) electrons. The summed E-state index contributed by atoms with van der Waals surface area (Å²) in [5.41, 5.74) is 6.92. The molecule has 75 heavy (non-hydrogen) atoms. The summed E-state index contributed by atoms with van der Waals surface area (Å²) in [4.78, 5) is 31.3. The van der Waals surface area contributed by atoms with Gasteiger partial charge in [-0.05, 0) is 107 Å². The maximum atomic E-state index is 14.1. The van der Waals surface area contributed by atoms with Crippen LogP contribution in [0.3, 0.4) is 0 Å². The first-order valence-corrected chi connectivity index (χ1v) is 23.0. The quantitative estimate of drug-likeness (QED) is 0.0642. The fourth-order valence-electron chi connectivity index (χ4n) is 9.60. The summed E-state index contributed by atoms with van der Waals surface area (Å²) < 4.78 is 69.8. The normalized spacial score (nSPS) is 11.5. The maximum Gasteiger partial charge on any atom is 0.304 e. The molecule has 386 valence electrons. The molecule has 7 aromatic rings. The van der Waals surface area contributed by atoms with Crippen LogP contribution in [-0.4, -0.2) is 111 Å². The van der Waals surface area contributed by atoms with E-state index in [1.165, 1.54) is 91.5 Å². The van der Waals surface area contributed by atoms with Crippen molar-refractivity contribution in [3.05, 3.63) is 99.9 Å². The second-order valence-corrected chi connectivity index (χ2v) is 16.6. The SMILES string of the molecule is COc1cc(-c2c3nc(c(-c4cc(OC)c(OC)c(OC)c4)c4ccc([nH]4)c(-c4cc(OC)c(OC)c(OC)c4)c4c([N+](=O)[O-])c(c(-c5cc(OC)c(OC)c(OC)c5)c5ccc2[nH]5)C=N4)C=C3)cc(OC)c1OC. The van der Waals surface area contributed by atoms with Gasteiger partial charge in [0.25, 0.3) is 0 Å². The monoisotopic (exact) mass is 1020 g/mol. The molecule has 0 unspecified atom stereocenters. The lowest BCUT2D eigenvalue weighted by Gasteiger charge is -2.15. The molecule has 0 amide bonds. The zero-order valence-corrected chi connectivity index (χ0v) is 43.2. The Morgan fingerprint density at radius 3 is 0.973 bits per heavy atom. The fourth-order valence-corrected chi connectivity index (χ4v) is 9.60. The van der Waals surface area contributed by atoms with Gasteiger partial charge in [-0.1, -0.05) is 0 Å². The molecule has 2 aliphatic heterocycles. The molecule has 8 bridgehead atoms. The summed E-state index contributed by atoms with van der Waals surface area (Å²) in [7, 11) is 18.2. The lowest BCUT2D eigenvalue weighted by atomic mass is 9.97. The van der Waals surface area contributed by atoms with Gasteiger partial charge in [-0.15, -0.1) is 0 Å². The Balaban J connectivity index is 1.57.